The van der Waals surface area contributed by atoms with E-state index in [4.69, 9.17) is 32.7 Å². The second kappa shape index (κ2) is 11.6. The number of allylic oxidation sites excluding steroid dienone is 1. The third-order valence-electron chi connectivity index (χ3n) is 4.96. The number of benzene rings is 3. The van der Waals surface area contributed by atoms with Crippen molar-refractivity contribution >= 4 is 80.1 Å². The van der Waals surface area contributed by atoms with Crippen LogP contribution in [0.2, 0.25) is 10.0 Å². The molecule has 2 N–H and O–H groups in total. The highest BCUT2D eigenvalue weighted by Crippen LogP contribution is 2.35. The highest BCUT2D eigenvalue weighted by molar-refractivity contribution is 14.1. The Balaban J connectivity index is 1.55. The Morgan fingerprint density at radius 1 is 1.17 bits per heavy atom. The van der Waals surface area contributed by atoms with E-state index in [1.807, 2.05) is 37.3 Å². The molecule has 0 aliphatic rings. The third-order valence-corrected chi connectivity index (χ3v) is 6.50. The molecule has 0 aliphatic carbocycles. The summed E-state index contributed by atoms with van der Waals surface area (Å²) in [5.41, 5.74) is 3.24. The predicted octanol–water partition coefficient (Wildman–Crippen LogP) is 6.95. The van der Waals surface area contributed by atoms with E-state index in [9.17, 15) is 10.1 Å². The molecule has 4 aromatic rings. The summed E-state index contributed by atoms with van der Waals surface area (Å²) in [5, 5.41) is 13.2. The lowest BCUT2D eigenvalue weighted by Crippen LogP contribution is -2.20. The number of aromatic nitrogens is 2. The molecule has 0 unspecified atom stereocenters. The number of H-pyrrole nitrogens is 1. The number of anilines is 1. The molecule has 0 saturated heterocycles. The first-order valence-corrected chi connectivity index (χ1v) is 12.6. The fourth-order valence-corrected chi connectivity index (χ4v) is 4.46. The Bertz CT molecular complexity index is 1480. The van der Waals surface area contributed by atoms with Gasteiger partial charge in [0.25, 0.3) is 5.91 Å². The topological polar surface area (TPSA) is 100 Å². The molecule has 0 radical (unpaired) electrons. The first kappa shape index (κ1) is 25.8. The lowest BCUT2D eigenvalue weighted by atomic mass is 10.1. The van der Waals surface area contributed by atoms with E-state index < -0.39 is 0 Å². The zero-order chi connectivity index (χ0) is 25.7. The van der Waals surface area contributed by atoms with Crippen LogP contribution >= 0.6 is 45.8 Å². The normalized spacial score (nSPS) is 11.2. The Hall–Kier alpha value is -3.26. The number of carbonyl (C=O) groups excluding carboxylic acids is 1. The summed E-state index contributed by atoms with van der Waals surface area (Å²) < 4.78 is 12.3. The number of aromatic amines is 1. The number of nitriles is 1. The first-order valence-electron chi connectivity index (χ1n) is 10.8. The fourth-order valence-electron chi connectivity index (χ4n) is 3.38. The maximum atomic E-state index is 12.4. The quantitative estimate of drug-likeness (QED) is 0.162. The van der Waals surface area contributed by atoms with Crippen LogP contribution in [0, 0.1) is 14.9 Å². The van der Waals surface area contributed by atoms with Crippen molar-refractivity contribution < 1.29 is 14.3 Å². The van der Waals surface area contributed by atoms with Gasteiger partial charge < -0.3 is 19.8 Å². The van der Waals surface area contributed by atoms with Crippen LogP contribution < -0.4 is 14.8 Å². The van der Waals surface area contributed by atoms with E-state index in [0.717, 1.165) is 16.6 Å². The monoisotopic (exact) mass is 632 g/mol. The van der Waals surface area contributed by atoms with Crippen molar-refractivity contribution in [2.45, 2.75) is 6.92 Å². The van der Waals surface area contributed by atoms with Crippen molar-refractivity contribution in [3.63, 3.8) is 0 Å². The van der Waals surface area contributed by atoms with Crippen molar-refractivity contribution in [3.8, 4) is 17.6 Å². The van der Waals surface area contributed by atoms with E-state index in [1.165, 1.54) is 0 Å². The predicted molar refractivity (Wildman–Crippen MR) is 150 cm³/mol. The van der Waals surface area contributed by atoms with Gasteiger partial charge in [0, 0.05) is 5.69 Å². The van der Waals surface area contributed by atoms with Crippen LogP contribution in [0.25, 0.3) is 22.7 Å². The van der Waals surface area contributed by atoms with Gasteiger partial charge >= 0.3 is 0 Å². The number of fused-ring (bicyclic) bond motifs is 1. The molecule has 0 fully saturated rings. The summed E-state index contributed by atoms with van der Waals surface area (Å²) in [6, 6.07) is 18.2. The molecule has 0 saturated carbocycles. The van der Waals surface area contributed by atoms with Crippen LogP contribution in [-0.2, 0) is 4.79 Å². The number of nitrogens with one attached hydrogen (secondary N) is 2. The molecule has 3 aromatic carbocycles. The molecule has 1 aromatic heterocycles. The molecule has 1 amide bonds. The second-order valence-corrected chi connectivity index (χ2v) is 9.48. The molecule has 0 spiro atoms. The number of amides is 1. The lowest BCUT2D eigenvalue weighted by molar-refractivity contribution is -0.118. The van der Waals surface area contributed by atoms with Gasteiger partial charge in [0.05, 0.1) is 36.8 Å². The van der Waals surface area contributed by atoms with Gasteiger partial charge in [-0.05, 0) is 83.6 Å². The number of rotatable bonds is 8. The molecule has 4 rings (SSSR count). The summed E-state index contributed by atoms with van der Waals surface area (Å²) in [7, 11) is 0. The smallest absolute Gasteiger partial charge is 0.262 e. The highest BCUT2D eigenvalue weighted by atomic mass is 127. The Morgan fingerprint density at radius 3 is 2.69 bits per heavy atom. The van der Waals surface area contributed by atoms with Gasteiger partial charge in [0.1, 0.15) is 11.9 Å². The summed E-state index contributed by atoms with van der Waals surface area (Å²) >= 11 is 14.0. The van der Waals surface area contributed by atoms with Crippen LogP contribution in [0.5, 0.6) is 11.5 Å². The lowest BCUT2D eigenvalue weighted by Gasteiger charge is -2.15. The highest BCUT2D eigenvalue weighted by Gasteiger charge is 2.15. The average molecular weight is 633 g/mol. The van der Waals surface area contributed by atoms with E-state index in [0.29, 0.717) is 48.8 Å². The summed E-state index contributed by atoms with van der Waals surface area (Å²) in [6.07, 6.45) is 1.73. The number of hydrogen-bond donors (Lipinski definition) is 2. The van der Waals surface area contributed by atoms with Gasteiger partial charge in [0.15, 0.2) is 18.1 Å². The third kappa shape index (κ3) is 6.10. The minimum atomic E-state index is -0.368. The molecule has 0 aliphatic heterocycles. The van der Waals surface area contributed by atoms with Gasteiger partial charge in [-0.2, -0.15) is 5.26 Å². The minimum absolute atomic E-state index is 0.242. The zero-order valence-corrected chi connectivity index (χ0v) is 22.6. The second-order valence-electron chi connectivity index (χ2n) is 7.50. The molecular formula is C26H19Cl2IN4O3. The van der Waals surface area contributed by atoms with Crippen LogP contribution in [0.15, 0.2) is 54.6 Å². The van der Waals surface area contributed by atoms with Gasteiger partial charge in [-0.3, -0.25) is 4.79 Å². The molecule has 7 nitrogen and oxygen atoms in total. The number of para-hydroxylation sites is 2. The van der Waals surface area contributed by atoms with Crippen LogP contribution in [0.4, 0.5) is 5.69 Å². The SMILES string of the molecule is CCOc1cc(/C=C(\C#N)c2nc3ccccc3[nH]2)cc(I)c1OCC(=O)Nc1ccc(Cl)c(Cl)c1. The van der Waals surface area contributed by atoms with Crippen molar-refractivity contribution in [2.24, 2.45) is 0 Å². The van der Waals surface area contributed by atoms with Crippen LogP contribution in [-0.4, -0.2) is 29.1 Å². The van der Waals surface area contributed by atoms with E-state index in [2.05, 4.69) is 43.9 Å². The number of nitrogens with zero attached hydrogens (tertiary/aromatic N) is 2. The molecule has 10 heteroatoms. The largest absolute Gasteiger partial charge is 0.490 e. The average Bonchev–Trinajstić information content (AvgIpc) is 3.28. The van der Waals surface area contributed by atoms with E-state index in [1.54, 1.807) is 30.3 Å². The molecule has 1 heterocycles. The van der Waals surface area contributed by atoms with Crippen molar-refractivity contribution in [1.82, 2.24) is 9.97 Å². The van der Waals surface area contributed by atoms with Crippen LogP contribution in [0.3, 0.4) is 0 Å². The Morgan fingerprint density at radius 2 is 1.97 bits per heavy atom. The summed E-state index contributed by atoms with van der Waals surface area (Å²) in [5.74, 6) is 0.999. The zero-order valence-electron chi connectivity index (χ0n) is 18.9. The number of hydrogen-bond acceptors (Lipinski definition) is 5. The number of halogens is 3. The number of imidazole rings is 1. The van der Waals surface area contributed by atoms with Gasteiger partial charge in [-0.15, -0.1) is 0 Å². The molecular weight excluding hydrogens is 614 g/mol. The van der Waals surface area contributed by atoms with Crippen LogP contribution in [0.1, 0.15) is 18.3 Å². The van der Waals surface area contributed by atoms with Crippen molar-refractivity contribution in [3.05, 3.63) is 79.6 Å². The van der Waals surface area contributed by atoms with E-state index in [-0.39, 0.29) is 12.5 Å². The number of carbonyl (C=O) groups is 1. The minimum Gasteiger partial charge on any atom is -0.490 e. The van der Waals surface area contributed by atoms with Gasteiger partial charge in [-0.25, -0.2) is 4.98 Å². The Labute approximate surface area is 231 Å². The molecule has 182 valence electrons. The Kier molecular flexibility index (Phi) is 8.36. The van der Waals surface area contributed by atoms with Gasteiger partial charge in [-0.1, -0.05) is 35.3 Å². The molecule has 0 atom stereocenters. The fraction of sp³-hybridized carbons (Fsp3) is 0.115. The first-order chi connectivity index (χ1) is 17.4. The summed E-state index contributed by atoms with van der Waals surface area (Å²) in [6.45, 7) is 2.00. The maximum Gasteiger partial charge on any atom is 0.262 e. The van der Waals surface area contributed by atoms with Crippen molar-refractivity contribution in [1.29, 1.82) is 5.26 Å². The van der Waals surface area contributed by atoms with Crippen molar-refractivity contribution in [2.75, 3.05) is 18.5 Å². The standard InChI is InChI=1S/C26H19Cl2IN4O3/c1-2-35-23-11-15(9-16(13-30)26-32-21-5-3-4-6-22(21)33-26)10-20(29)25(23)36-14-24(34)31-17-7-8-18(27)19(28)12-17/h3-12H,2,14H2,1H3,(H,31,34)(H,32,33)/b16-9+. The van der Waals surface area contributed by atoms with Gasteiger partial charge in [0.2, 0.25) is 0 Å². The summed E-state index contributed by atoms with van der Waals surface area (Å²) in [4.78, 5) is 20.1. The number of ether oxygens (including phenoxy) is 2. The molecule has 0 bridgehead atoms. The molecule has 36 heavy (non-hydrogen) atoms. The maximum absolute atomic E-state index is 12.4. The van der Waals surface area contributed by atoms with E-state index >= 15 is 0 Å².